The van der Waals surface area contributed by atoms with Crippen LogP contribution >= 0.6 is 0 Å². The van der Waals surface area contributed by atoms with Gasteiger partial charge in [-0.25, -0.2) is 0 Å². The van der Waals surface area contributed by atoms with Crippen molar-refractivity contribution < 1.29 is 19.4 Å². The molecule has 0 spiro atoms. The monoisotopic (exact) mass is 279 g/mol. The molecule has 5 nitrogen and oxygen atoms in total. The fraction of sp³-hybridized carbons (Fsp3) is 0.533. The zero-order valence-corrected chi connectivity index (χ0v) is 11.7. The molecule has 1 unspecified atom stereocenters. The Balaban J connectivity index is 1.81. The lowest BCUT2D eigenvalue weighted by Crippen LogP contribution is -2.30. The molecule has 0 aromatic heterocycles. The van der Waals surface area contributed by atoms with Crippen LogP contribution in [0.4, 0.5) is 0 Å². The molecule has 0 fully saturated rings. The number of rotatable bonds is 7. The van der Waals surface area contributed by atoms with Crippen molar-refractivity contribution in [3.05, 3.63) is 29.3 Å². The Morgan fingerprint density at radius 1 is 1.50 bits per heavy atom. The molecule has 2 rings (SSSR count). The summed E-state index contributed by atoms with van der Waals surface area (Å²) in [6.45, 7) is 1.21. The van der Waals surface area contributed by atoms with Gasteiger partial charge in [-0.05, 0) is 30.9 Å². The summed E-state index contributed by atoms with van der Waals surface area (Å²) in [5.74, 6) is 0.559. The number of hydrogen-bond donors (Lipinski definition) is 2. The first-order chi connectivity index (χ1) is 9.72. The first-order valence-corrected chi connectivity index (χ1v) is 6.90. The predicted octanol–water partition coefficient (Wildman–Crippen LogP) is 1.20. The van der Waals surface area contributed by atoms with Gasteiger partial charge in [0.1, 0.15) is 5.75 Å². The molecule has 0 aliphatic heterocycles. The van der Waals surface area contributed by atoms with Crippen LogP contribution in [0.1, 0.15) is 30.1 Å². The summed E-state index contributed by atoms with van der Waals surface area (Å²) in [6, 6.07) is 5.60. The summed E-state index contributed by atoms with van der Waals surface area (Å²) in [5, 5.41) is 12.6. The fourth-order valence-corrected chi connectivity index (χ4v) is 2.37. The summed E-state index contributed by atoms with van der Waals surface area (Å²) in [5.41, 5.74) is 1.94. The molecule has 20 heavy (non-hydrogen) atoms. The third kappa shape index (κ3) is 3.71. The molecule has 0 saturated carbocycles. The molecule has 1 amide bonds. The van der Waals surface area contributed by atoms with E-state index in [-0.39, 0.29) is 12.5 Å². The summed E-state index contributed by atoms with van der Waals surface area (Å²) in [4.78, 5) is 11.6. The van der Waals surface area contributed by atoms with Crippen LogP contribution in [0.15, 0.2) is 18.2 Å². The number of amides is 1. The van der Waals surface area contributed by atoms with Gasteiger partial charge in [0.15, 0.2) is 6.61 Å². The van der Waals surface area contributed by atoms with Crippen molar-refractivity contribution >= 4 is 5.91 Å². The van der Waals surface area contributed by atoms with Crippen molar-refractivity contribution in [2.24, 2.45) is 0 Å². The Kier molecular flexibility index (Phi) is 5.38. The Morgan fingerprint density at radius 3 is 3.15 bits per heavy atom. The van der Waals surface area contributed by atoms with Crippen LogP contribution in [0, 0.1) is 0 Å². The SMILES string of the molecule is COCCCNC(=O)COc1cccc2c1CCC2O. The van der Waals surface area contributed by atoms with Gasteiger partial charge >= 0.3 is 0 Å². The molecule has 1 aromatic carbocycles. The van der Waals surface area contributed by atoms with Gasteiger partial charge in [0.25, 0.3) is 5.91 Å². The molecule has 1 aliphatic rings. The highest BCUT2D eigenvalue weighted by Gasteiger charge is 2.23. The zero-order valence-electron chi connectivity index (χ0n) is 11.7. The van der Waals surface area contributed by atoms with E-state index in [0.717, 1.165) is 30.4 Å². The van der Waals surface area contributed by atoms with E-state index in [1.807, 2.05) is 18.2 Å². The molecule has 0 heterocycles. The molecular formula is C15H21NO4. The molecule has 0 radical (unpaired) electrons. The Bertz CT molecular complexity index is 461. The van der Waals surface area contributed by atoms with Gasteiger partial charge in [-0.15, -0.1) is 0 Å². The number of ether oxygens (including phenoxy) is 2. The summed E-state index contributed by atoms with van der Waals surface area (Å²) < 4.78 is 10.5. The van der Waals surface area contributed by atoms with Gasteiger partial charge in [-0.3, -0.25) is 4.79 Å². The topological polar surface area (TPSA) is 67.8 Å². The van der Waals surface area contributed by atoms with E-state index in [9.17, 15) is 9.90 Å². The highest BCUT2D eigenvalue weighted by atomic mass is 16.5. The van der Waals surface area contributed by atoms with E-state index in [2.05, 4.69) is 5.32 Å². The quantitative estimate of drug-likeness (QED) is 0.736. The van der Waals surface area contributed by atoms with Crippen LogP contribution in [0.3, 0.4) is 0 Å². The van der Waals surface area contributed by atoms with Gasteiger partial charge in [0, 0.05) is 25.8 Å². The van der Waals surface area contributed by atoms with E-state index >= 15 is 0 Å². The van der Waals surface area contributed by atoms with E-state index in [0.29, 0.717) is 18.9 Å². The van der Waals surface area contributed by atoms with Crippen LogP contribution in [-0.2, 0) is 16.0 Å². The Hall–Kier alpha value is -1.59. The third-order valence-electron chi connectivity index (χ3n) is 3.40. The third-order valence-corrected chi connectivity index (χ3v) is 3.40. The lowest BCUT2D eigenvalue weighted by Gasteiger charge is -2.11. The second-order valence-corrected chi connectivity index (χ2v) is 4.86. The van der Waals surface area contributed by atoms with Crippen LogP contribution < -0.4 is 10.1 Å². The summed E-state index contributed by atoms with van der Waals surface area (Å²) in [7, 11) is 1.63. The lowest BCUT2D eigenvalue weighted by atomic mass is 10.1. The summed E-state index contributed by atoms with van der Waals surface area (Å²) in [6.07, 6.45) is 1.90. The maximum atomic E-state index is 11.6. The number of benzene rings is 1. The van der Waals surface area contributed by atoms with Crippen LogP contribution in [0.25, 0.3) is 0 Å². The van der Waals surface area contributed by atoms with Crippen molar-refractivity contribution in [3.8, 4) is 5.75 Å². The minimum atomic E-state index is -0.406. The van der Waals surface area contributed by atoms with Crippen molar-refractivity contribution in [1.29, 1.82) is 0 Å². The molecule has 1 aromatic rings. The van der Waals surface area contributed by atoms with Crippen LogP contribution in [-0.4, -0.2) is 37.9 Å². The van der Waals surface area contributed by atoms with E-state index in [1.54, 1.807) is 7.11 Å². The van der Waals surface area contributed by atoms with Gasteiger partial charge in [0.2, 0.25) is 0 Å². The molecule has 1 aliphatic carbocycles. The maximum Gasteiger partial charge on any atom is 0.257 e. The number of aliphatic hydroxyl groups is 1. The molecule has 0 bridgehead atoms. The minimum Gasteiger partial charge on any atom is -0.483 e. The van der Waals surface area contributed by atoms with Gasteiger partial charge in [-0.1, -0.05) is 12.1 Å². The van der Waals surface area contributed by atoms with Crippen molar-refractivity contribution in [2.45, 2.75) is 25.4 Å². The van der Waals surface area contributed by atoms with E-state index in [4.69, 9.17) is 9.47 Å². The number of aliphatic hydroxyl groups excluding tert-OH is 1. The number of fused-ring (bicyclic) bond motifs is 1. The minimum absolute atomic E-state index is 0.000466. The number of carbonyl (C=O) groups is 1. The standard InChI is InChI=1S/C15H21NO4/c1-19-9-3-8-16-15(18)10-20-14-5-2-4-11-12(14)6-7-13(11)17/h2,4-5,13,17H,3,6-10H2,1H3,(H,16,18). The molecule has 1 atom stereocenters. The van der Waals surface area contributed by atoms with Crippen molar-refractivity contribution in [1.82, 2.24) is 5.32 Å². The van der Waals surface area contributed by atoms with Crippen LogP contribution in [0.5, 0.6) is 5.75 Å². The second kappa shape index (κ2) is 7.26. The van der Waals surface area contributed by atoms with Crippen molar-refractivity contribution in [2.75, 3.05) is 26.9 Å². The number of methoxy groups -OCH3 is 1. The van der Waals surface area contributed by atoms with E-state index in [1.165, 1.54) is 0 Å². The Morgan fingerprint density at radius 2 is 2.35 bits per heavy atom. The van der Waals surface area contributed by atoms with Gasteiger partial charge in [-0.2, -0.15) is 0 Å². The first-order valence-electron chi connectivity index (χ1n) is 6.90. The second-order valence-electron chi connectivity index (χ2n) is 4.86. The molecule has 110 valence electrons. The lowest BCUT2D eigenvalue weighted by molar-refractivity contribution is -0.123. The molecular weight excluding hydrogens is 258 g/mol. The van der Waals surface area contributed by atoms with E-state index < -0.39 is 6.10 Å². The highest BCUT2D eigenvalue weighted by molar-refractivity contribution is 5.77. The number of nitrogens with one attached hydrogen (secondary N) is 1. The van der Waals surface area contributed by atoms with Crippen molar-refractivity contribution in [3.63, 3.8) is 0 Å². The average molecular weight is 279 g/mol. The van der Waals surface area contributed by atoms with Gasteiger partial charge in [0.05, 0.1) is 6.10 Å². The first kappa shape index (κ1) is 14.8. The number of hydrogen-bond acceptors (Lipinski definition) is 4. The molecule has 2 N–H and O–H groups in total. The average Bonchev–Trinajstić information content (AvgIpc) is 2.84. The predicted molar refractivity (Wildman–Crippen MR) is 74.7 cm³/mol. The summed E-state index contributed by atoms with van der Waals surface area (Å²) >= 11 is 0. The highest BCUT2D eigenvalue weighted by Crippen LogP contribution is 2.36. The zero-order chi connectivity index (χ0) is 14.4. The number of carbonyl (C=O) groups excluding carboxylic acids is 1. The molecule has 0 saturated heterocycles. The smallest absolute Gasteiger partial charge is 0.257 e. The largest absolute Gasteiger partial charge is 0.483 e. The maximum absolute atomic E-state index is 11.6. The normalized spacial score (nSPS) is 16.8. The van der Waals surface area contributed by atoms with Gasteiger partial charge < -0.3 is 19.9 Å². The molecule has 5 heteroatoms. The van der Waals surface area contributed by atoms with Crippen LogP contribution in [0.2, 0.25) is 0 Å². The fourth-order valence-electron chi connectivity index (χ4n) is 2.37. The Labute approximate surface area is 118 Å².